The lowest BCUT2D eigenvalue weighted by molar-refractivity contribution is -0.132. The molecule has 1 N–H and O–H groups in total. The minimum Gasteiger partial charge on any atom is -0.507 e. The molecule has 1 aliphatic heterocycles. The van der Waals surface area contributed by atoms with E-state index < -0.39 is 17.7 Å². The smallest absolute Gasteiger partial charge is 0.301 e. The van der Waals surface area contributed by atoms with Gasteiger partial charge in [-0.15, -0.1) is 0 Å². The molecule has 1 amide bonds. The molecule has 2 heterocycles. The molecule has 5 rings (SSSR count). The van der Waals surface area contributed by atoms with E-state index in [0.717, 1.165) is 9.17 Å². The van der Waals surface area contributed by atoms with Crippen LogP contribution in [0.15, 0.2) is 82.8 Å². The van der Waals surface area contributed by atoms with E-state index in [1.807, 2.05) is 55.5 Å². The van der Waals surface area contributed by atoms with Gasteiger partial charge in [0.25, 0.3) is 5.78 Å². The van der Waals surface area contributed by atoms with Crippen LogP contribution in [0.2, 0.25) is 0 Å². The molecule has 1 aromatic heterocycles. The van der Waals surface area contributed by atoms with E-state index in [-0.39, 0.29) is 11.3 Å². The number of amides is 1. The second-order valence-corrected chi connectivity index (χ2v) is 9.57. The number of benzene rings is 3. The van der Waals surface area contributed by atoms with Crippen LogP contribution >= 0.6 is 27.3 Å². The number of ether oxygens (including phenoxy) is 1. The molecule has 6 nitrogen and oxygen atoms in total. The molecular formula is C26H19BrN2O4S. The van der Waals surface area contributed by atoms with E-state index in [2.05, 4.69) is 20.9 Å². The summed E-state index contributed by atoms with van der Waals surface area (Å²) in [7, 11) is 0. The van der Waals surface area contributed by atoms with Crippen LogP contribution in [-0.4, -0.2) is 28.4 Å². The summed E-state index contributed by atoms with van der Waals surface area (Å²) in [5.74, 6) is -0.979. The van der Waals surface area contributed by atoms with Crippen molar-refractivity contribution in [3.8, 4) is 5.75 Å². The van der Waals surface area contributed by atoms with Gasteiger partial charge >= 0.3 is 5.91 Å². The number of nitrogens with zero attached hydrogens (tertiary/aromatic N) is 2. The Labute approximate surface area is 208 Å². The molecule has 4 aromatic rings. The van der Waals surface area contributed by atoms with E-state index in [9.17, 15) is 14.7 Å². The van der Waals surface area contributed by atoms with Gasteiger partial charge in [-0.3, -0.25) is 14.5 Å². The van der Waals surface area contributed by atoms with E-state index in [0.29, 0.717) is 34.1 Å². The fraction of sp³-hybridized carbons (Fsp3) is 0.115. The first-order valence-electron chi connectivity index (χ1n) is 10.6. The number of thiazole rings is 1. The summed E-state index contributed by atoms with van der Waals surface area (Å²) >= 11 is 4.73. The van der Waals surface area contributed by atoms with Gasteiger partial charge in [0.15, 0.2) is 5.13 Å². The zero-order valence-corrected chi connectivity index (χ0v) is 20.5. The van der Waals surface area contributed by atoms with Crippen LogP contribution in [0.3, 0.4) is 0 Å². The van der Waals surface area contributed by atoms with Crippen molar-refractivity contribution >= 4 is 60.1 Å². The molecule has 0 unspecified atom stereocenters. The van der Waals surface area contributed by atoms with Crippen LogP contribution < -0.4 is 9.64 Å². The predicted octanol–water partition coefficient (Wildman–Crippen LogP) is 6.08. The minimum atomic E-state index is -0.819. The molecule has 1 fully saturated rings. The Bertz CT molecular complexity index is 1430. The molecule has 0 saturated carbocycles. The maximum atomic E-state index is 13.3. The Morgan fingerprint density at radius 2 is 1.82 bits per heavy atom. The molecule has 1 saturated heterocycles. The first kappa shape index (κ1) is 22.3. The summed E-state index contributed by atoms with van der Waals surface area (Å²) in [6.07, 6.45) is 0. The molecule has 0 bridgehead atoms. The highest BCUT2D eigenvalue weighted by Gasteiger charge is 2.48. The zero-order chi connectivity index (χ0) is 23.8. The van der Waals surface area contributed by atoms with Crippen molar-refractivity contribution in [3.05, 3.63) is 94.0 Å². The Morgan fingerprint density at radius 3 is 2.53 bits per heavy atom. The second kappa shape index (κ2) is 9.04. The highest BCUT2D eigenvalue weighted by atomic mass is 79.9. The number of hydrogen-bond acceptors (Lipinski definition) is 6. The van der Waals surface area contributed by atoms with E-state index in [1.54, 1.807) is 24.3 Å². The average molecular weight is 535 g/mol. The minimum absolute atomic E-state index is 0.0350. The van der Waals surface area contributed by atoms with Gasteiger partial charge in [-0.1, -0.05) is 69.7 Å². The first-order chi connectivity index (χ1) is 16.5. The molecule has 34 heavy (non-hydrogen) atoms. The molecule has 1 atom stereocenters. The molecule has 3 aromatic carbocycles. The normalized spacial score (nSPS) is 17.5. The van der Waals surface area contributed by atoms with Crippen molar-refractivity contribution in [1.29, 1.82) is 0 Å². The molecule has 170 valence electrons. The van der Waals surface area contributed by atoms with Crippen molar-refractivity contribution in [2.45, 2.75) is 13.0 Å². The SMILES string of the molecule is CCOc1ccc2nc(N3C(=O)C(=O)C(=C(O)c4ccccc4)[C@@H]3c3ccc(Br)cc3)sc2c1. The van der Waals surface area contributed by atoms with E-state index in [4.69, 9.17) is 4.74 Å². The monoisotopic (exact) mass is 534 g/mol. The number of halogens is 1. The Morgan fingerprint density at radius 1 is 1.09 bits per heavy atom. The van der Waals surface area contributed by atoms with Gasteiger partial charge in [-0.25, -0.2) is 4.98 Å². The van der Waals surface area contributed by atoms with Crippen LogP contribution in [0, 0.1) is 0 Å². The predicted molar refractivity (Wildman–Crippen MR) is 136 cm³/mol. The summed E-state index contributed by atoms with van der Waals surface area (Å²) in [4.78, 5) is 32.6. The van der Waals surface area contributed by atoms with E-state index in [1.165, 1.54) is 16.2 Å². The van der Waals surface area contributed by atoms with Crippen molar-refractivity contribution in [2.24, 2.45) is 0 Å². The number of fused-ring (bicyclic) bond motifs is 1. The Hall–Kier alpha value is -3.49. The van der Waals surface area contributed by atoms with Gasteiger partial charge in [-0.05, 0) is 42.8 Å². The largest absolute Gasteiger partial charge is 0.507 e. The van der Waals surface area contributed by atoms with Gasteiger partial charge in [0.2, 0.25) is 0 Å². The van der Waals surface area contributed by atoms with Crippen molar-refractivity contribution < 1.29 is 19.4 Å². The lowest BCUT2D eigenvalue weighted by Gasteiger charge is -2.23. The number of hydrogen-bond donors (Lipinski definition) is 1. The first-order valence-corrected chi connectivity index (χ1v) is 12.2. The number of rotatable bonds is 5. The maximum absolute atomic E-state index is 13.3. The lowest BCUT2D eigenvalue weighted by atomic mass is 9.95. The number of carbonyl (C=O) groups excluding carboxylic acids is 2. The molecule has 1 aliphatic rings. The summed E-state index contributed by atoms with van der Waals surface area (Å²) in [5.41, 5.74) is 1.89. The number of aromatic nitrogens is 1. The molecule has 8 heteroatoms. The van der Waals surface area contributed by atoms with Crippen LogP contribution in [0.5, 0.6) is 5.75 Å². The van der Waals surface area contributed by atoms with Gasteiger partial charge in [0.1, 0.15) is 11.5 Å². The topological polar surface area (TPSA) is 79.7 Å². The third-order valence-corrected chi connectivity index (χ3v) is 7.09. The molecule has 0 radical (unpaired) electrons. The number of Topliss-reactive ketones (excluding diaryl/α,β-unsaturated/α-hetero) is 1. The number of anilines is 1. The number of carbonyl (C=O) groups is 2. The number of ketones is 1. The Balaban J connectivity index is 1.69. The van der Waals surface area contributed by atoms with Crippen molar-refractivity contribution in [1.82, 2.24) is 4.98 Å². The fourth-order valence-electron chi connectivity index (χ4n) is 3.99. The quantitative estimate of drug-likeness (QED) is 0.190. The summed E-state index contributed by atoms with van der Waals surface area (Å²) < 4.78 is 7.28. The van der Waals surface area contributed by atoms with Crippen LogP contribution in [0.25, 0.3) is 16.0 Å². The Kier molecular flexibility index (Phi) is 5.93. The maximum Gasteiger partial charge on any atom is 0.301 e. The lowest BCUT2D eigenvalue weighted by Crippen LogP contribution is -2.29. The van der Waals surface area contributed by atoms with Gasteiger partial charge < -0.3 is 9.84 Å². The van der Waals surface area contributed by atoms with Crippen LogP contribution in [-0.2, 0) is 9.59 Å². The van der Waals surface area contributed by atoms with E-state index >= 15 is 0 Å². The van der Waals surface area contributed by atoms with Crippen molar-refractivity contribution in [3.63, 3.8) is 0 Å². The summed E-state index contributed by atoms with van der Waals surface area (Å²) in [6, 6.07) is 20.8. The summed E-state index contributed by atoms with van der Waals surface area (Å²) in [5, 5.41) is 11.5. The van der Waals surface area contributed by atoms with Gasteiger partial charge in [-0.2, -0.15) is 0 Å². The van der Waals surface area contributed by atoms with Crippen LogP contribution in [0.1, 0.15) is 24.1 Å². The summed E-state index contributed by atoms with van der Waals surface area (Å²) in [6.45, 7) is 2.45. The number of aliphatic hydroxyl groups is 1. The highest BCUT2D eigenvalue weighted by molar-refractivity contribution is 9.10. The third-order valence-electron chi connectivity index (χ3n) is 5.54. The average Bonchev–Trinajstić information content (AvgIpc) is 3.38. The standard InChI is InChI=1S/C26H19BrN2O4S/c1-2-33-18-12-13-19-20(14-18)34-26(28-19)29-22(15-8-10-17(27)11-9-15)21(24(31)25(29)32)23(30)16-6-4-3-5-7-16/h3-14,22,30H,2H2,1H3/t22-/m0/s1. The number of aliphatic hydroxyl groups excluding tert-OH is 1. The zero-order valence-electron chi connectivity index (χ0n) is 18.1. The molecule has 0 aliphatic carbocycles. The fourth-order valence-corrected chi connectivity index (χ4v) is 5.28. The van der Waals surface area contributed by atoms with Gasteiger partial charge in [0, 0.05) is 10.0 Å². The molecular weight excluding hydrogens is 516 g/mol. The highest BCUT2D eigenvalue weighted by Crippen LogP contribution is 2.44. The van der Waals surface area contributed by atoms with Gasteiger partial charge in [0.05, 0.1) is 28.4 Å². The third kappa shape index (κ3) is 3.89. The molecule has 0 spiro atoms. The van der Waals surface area contributed by atoms with Crippen LogP contribution in [0.4, 0.5) is 5.13 Å². The second-order valence-electron chi connectivity index (χ2n) is 7.65. The van der Waals surface area contributed by atoms with Crippen molar-refractivity contribution in [2.75, 3.05) is 11.5 Å².